The predicted octanol–water partition coefficient (Wildman–Crippen LogP) is 4.11. The first kappa shape index (κ1) is 19.5. The Labute approximate surface area is 184 Å². The van der Waals surface area contributed by atoms with Crippen LogP contribution in [0.3, 0.4) is 0 Å². The summed E-state index contributed by atoms with van der Waals surface area (Å²) in [6.45, 7) is 8.73. The molecule has 3 aromatic rings. The molecule has 1 aliphatic heterocycles. The number of halogens is 1. The summed E-state index contributed by atoms with van der Waals surface area (Å²) in [6, 6.07) is 7.75. The van der Waals surface area contributed by atoms with Crippen molar-refractivity contribution < 1.29 is 4.79 Å². The molecule has 1 aromatic carbocycles. The van der Waals surface area contributed by atoms with Crippen molar-refractivity contribution in [3.8, 4) is 5.00 Å². The molecular formula is C22H22ClN5OS. The van der Waals surface area contributed by atoms with Gasteiger partial charge in [0.05, 0.1) is 11.6 Å². The summed E-state index contributed by atoms with van der Waals surface area (Å²) in [5.74, 6) is 1.32. The zero-order chi connectivity index (χ0) is 21.2. The van der Waals surface area contributed by atoms with Gasteiger partial charge >= 0.3 is 0 Å². The Morgan fingerprint density at radius 2 is 2.00 bits per heavy atom. The fourth-order valence-corrected chi connectivity index (χ4v) is 5.62. The Hall–Kier alpha value is -2.51. The highest BCUT2D eigenvalue weighted by Crippen LogP contribution is 2.57. The van der Waals surface area contributed by atoms with Gasteiger partial charge in [-0.05, 0) is 51.8 Å². The van der Waals surface area contributed by atoms with E-state index in [0.717, 1.165) is 33.5 Å². The third-order valence-corrected chi connectivity index (χ3v) is 7.49. The van der Waals surface area contributed by atoms with Crippen LogP contribution in [0.1, 0.15) is 46.6 Å². The first-order chi connectivity index (χ1) is 14.4. The number of aromatic nitrogens is 3. The van der Waals surface area contributed by atoms with Crippen LogP contribution in [0.15, 0.2) is 29.3 Å². The number of carbonyl (C=O) groups is 1. The lowest BCUT2D eigenvalue weighted by Crippen LogP contribution is -2.29. The third kappa shape index (κ3) is 2.68. The number of aliphatic imine (C=N–C) groups is 1. The van der Waals surface area contributed by atoms with Gasteiger partial charge in [0, 0.05) is 27.6 Å². The smallest absolute Gasteiger partial charge is 0.226 e. The van der Waals surface area contributed by atoms with Crippen LogP contribution in [0, 0.1) is 26.7 Å². The van der Waals surface area contributed by atoms with Crippen molar-refractivity contribution in [3.63, 3.8) is 0 Å². The van der Waals surface area contributed by atoms with Crippen LogP contribution < -0.4 is 5.32 Å². The van der Waals surface area contributed by atoms with Gasteiger partial charge < -0.3 is 5.32 Å². The molecule has 1 saturated carbocycles. The first-order valence-electron chi connectivity index (χ1n) is 10.0. The van der Waals surface area contributed by atoms with Crippen molar-refractivity contribution >= 4 is 34.6 Å². The second kappa shape index (κ2) is 6.75. The van der Waals surface area contributed by atoms with E-state index in [1.165, 1.54) is 10.4 Å². The minimum atomic E-state index is -0.700. The molecule has 0 radical (unpaired) electrons. The lowest BCUT2D eigenvalue weighted by molar-refractivity contribution is -0.122. The number of thiophene rings is 1. The van der Waals surface area contributed by atoms with Crippen molar-refractivity contribution in [2.24, 2.45) is 10.9 Å². The fourth-order valence-electron chi connectivity index (χ4n) is 4.28. The normalized spacial score (nSPS) is 21.6. The van der Waals surface area contributed by atoms with E-state index < -0.39 is 5.54 Å². The summed E-state index contributed by atoms with van der Waals surface area (Å²) in [6.07, 6.45) is 0.626. The highest BCUT2D eigenvalue weighted by atomic mass is 35.5. The van der Waals surface area contributed by atoms with Crippen LogP contribution in [-0.2, 0) is 10.3 Å². The van der Waals surface area contributed by atoms with Gasteiger partial charge in [0.25, 0.3) is 0 Å². The molecule has 2 aliphatic rings. The molecule has 1 spiro atoms. The average Bonchev–Trinajstić information content (AvgIpc) is 3.24. The number of rotatable bonds is 3. The van der Waals surface area contributed by atoms with Crippen molar-refractivity contribution in [2.75, 3.05) is 6.54 Å². The van der Waals surface area contributed by atoms with Gasteiger partial charge in [0.15, 0.2) is 5.82 Å². The molecule has 1 N–H and O–H groups in total. The van der Waals surface area contributed by atoms with Crippen molar-refractivity contribution in [2.45, 2.75) is 39.7 Å². The maximum atomic E-state index is 12.8. The quantitative estimate of drug-likeness (QED) is 0.667. The van der Waals surface area contributed by atoms with Gasteiger partial charge in [-0.25, -0.2) is 0 Å². The second-order valence-corrected chi connectivity index (χ2v) is 9.55. The Kier molecular flexibility index (Phi) is 4.38. The summed E-state index contributed by atoms with van der Waals surface area (Å²) in [7, 11) is 0. The van der Waals surface area contributed by atoms with Crippen LogP contribution in [0.25, 0.3) is 5.00 Å². The summed E-state index contributed by atoms with van der Waals surface area (Å²) in [5.41, 5.74) is 3.45. The van der Waals surface area contributed by atoms with Crippen molar-refractivity contribution in [1.82, 2.24) is 20.1 Å². The van der Waals surface area contributed by atoms with Crippen LogP contribution in [-0.4, -0.2) is 32.9 Å². The molecule has 6 nitrogen and oxygen atoms in total. The SMILES string of the molecule is CCNC(=O)[C@@H]1C[C@@]12N=C(c1ccc(Cl)cc1)c1c(sc(C)c1C)-n1c(C)nnc12. The molecule has 8 heteroatoms. The van der Waals surface area contributed by atoms with E-state index in [1.807, 2.05) is 38.1 Å². The molecule has 2 aromatic heterocycles. The van der Waals surface area contributed by atoms with Crippen molar-refractivity contribution in [1.29, 1.82) is 0 Å². The minimum Gasteiger partial charge on any atom is -0.356 e. The Morgan fingerprint density at radius 3 is 2.70 bits per heavy atom. The van der Waals surface area contributed by atoms with Crippen LogP contribution in [0.5, 0.6) is 0 Å². The van der Waals surface area contributed by atoms with E-state index in [-0.39, 0.29) is 11.8 Å². The van der Waals surface area contributed by atoms with Crippen LogP contribution in [0.2, 0.25) is 5.02 Å². The molecule has 0 saturated heterocycles. The number of carbonyl (C=O) groups excluding carboxylic acids is 1. The van der Waals surface area contributed by atoms with Gasteiger partial charge in [0.2, 0.25) is 5.91 Å². The fraction of sp³-hybridized carbons (Fsp3) is 0.364. The largest absolute Gasteiger partial charge is 0.356 e. The van der Waals surface area contributed by atoms with Gasteiger partial charge in [0.1, 0.15) is 16.4 Å². The molecule has 2 atom stereocenters. The first-order valence-corrected chi connectivity index (χ1v) is 11.2. The number of fused-ring (bicyclic) bond motifs is 4. The lowest BCUT2D eigenvalue weighted by Gasteiger charge is -2.13. The van der Waals surface area contributed by atoms with Gasteiger partial charge in [-0.15, -0.1) is 21.5 Å². The number of benzene rings is 1. The Morgan fingerprint density at radius 1 is 1.27 bits per heavy atom. The summed E-state index contributed by atoms with van der Waals surface area (Å²) >= 11 is 7.87. The third-order valence-electron chi connectivity index (χ3n) is 6.05. The standard InChI is InChI=1S/C22H22ClN5OS/c1-5-24-19(29)16-10-22(16)21-27-26-13(4)28(21)20-17(11(2)12(3)30-20)18(25-22)14-6-8-15(23)9-7-14/h6-9,16H,5,10H2,1-4H3,(H,24,29)/t16-,22+/m0/s1. The number of hydrogen-bond acceptors (Lipinski definition) is 5. The zero-order valence-corrected chi connectivity index (χ0v) is 18.9. The van der Waals surface area contributed by atoms with E-state index in [4.69, 9.17) is 16.6 Å². The van der Waals surface area contributed by atoms with E-state index in [0.29, 0.717) is 18.0 Å². The minimum absolute atomic E-state index is 0.0158. The molecule has 1 fully saturated rings. The molecule has 3 heterocycles. The Balaban J connectivity index is 1.80. The number of nitrogens with zero attached hydrogens (tertiary/aromatic N) is 4. The van der Waals surface area contributed by atoms with Crippen LogP contribution in [0.4, 0.5) is 0 Å². The summed E-state index contributed by atoms with van der Waals surface area (Å²) in [4.78, 5) is 19.3. The maximum absolute atomic E-state index is 12.8. The molecular weight excluding hydrogens is 418 g/mol. The molecule has 30 heavy (non-hydrogen) atoms. The topological polar surface area (TPSA) is 72.2 Å². The van der Waals surface area contributed by atoms with Gasteiger partial charge in [-0.3, -0.25) is 14.4 Å². The molecule has 1 aliphatic carbocycles. The van der Waals surface area contributed by atoms with Gasteiger partial charge in [-0.2, -0.15) is 0 Å². The molecule has 1 amide bonds. The summed E-state index contributed by atoms with van der Waals surface area (Å²) in [5, 5.41) is 13.6. The average molecular weight is 440 g/mol. The van der Waals surface area contributed by atoms with Gasteiger partial charge in [-0.1, -0.05) is 23.7 Å². The number of amides is 1. The highest BCUT2D eigenvalue weighted by Gasteiger charge is 2.64. The van der Waals surface area contributed by atoms with E-state index in [9.17, 15) is 4.79 Å². The lowest BCUT2D eigenvalue weighted by atomic mass is 9.99. The number of nitrogens with one attached hydrogen (secondary N) is 1. The molecule has 154 valence electrons. The molecule has 5 rings (SSSR count). The monoisotopic (exact) mass is 439 g/mol. The predicted molar refractivity (Wildman–Crippen MR) is 119 cm³/mol. The number of aryl methyl sites for hydroxylation is 2. The molecule has 0 bridgehead atoms. The number of hydrogen-bond donors (Lipinski definition) is 1. The van der Waals surface area contributed by atoms with Crippen molar-refractivity contribution in [3.05, 3.63) is 62.5 Å². The zero-order valence-electron chi connectivity index (χ0n) is 17.3. The maximum Gasteiger partial charge on any atom is 0.226 e. The second-order valence-electron chi connectivity index (χ2n) is 7.91. The van der Waals surface area contributed by atoms with Crippen LogP contribution >= 0.6 is 22.9 Å². The van der Waals surface area contributed by atoms with E-state index in [1.54, 1.807) is 11.3 Å². The van der Waals surface area contributed by atoms with E-state index in [2.05, 4.69) is 33.9 Å². The molecule has 0 unspecified atom stereocenters. The highest BCUT2D eigenvalue weighted by molar-refractivity contribution is 7.15. The Bertz CT molecular complexity index is 1210. The van der Waals surface area contributed by atoms with E-state index >= 15 is 0 Å². The summed E-state index contributed by atoms with van der Waals surface area (Å²) < 4.78 is 2.10.